The van der Waals surface area contributed by atoms with E-state index in [1.54, 1.807) is 23.9 Å². The molecule has 1 heterocycles. The van der Waals surface area contributed by atoms with Crippen molar-refractivity contribution < 1.29 is 9.53 Å². The Balaban J connectivity index is 2.00. The lowest BCUT2D eigenvalue weighted by atomic mass is 10.2. The Bertz CT molecular complexity index is 629. The van der Waals surface area contributed by atoms with Gasteiger partial charge in [-0.3, -0.25) is 10.1 Å². The number of amides is 1. The molecule has 0 aliphatic heterocycles. The summed E-state index contributed by atoms with van der Waals surface area (Å²) >= 11 is 2.98. The maximum atomic E-state index is 12.2. The predicted octanol–water partition coefficient (Wildman–Crippen LogP) is 3.94. The second-order valence-electron chi connectivity index (χ2n) is 4.99. The van der Waals surface area contributed by atoms with Gasteiger partial charge in [0, 0.05) is 5.56 Å². The van der Waals surface area contributed by atoms with Gasteiger partial charge in [0.25, 0.3) is 5.91 Å². The standard InChI is InChI=1S/C15H19N3O2S2/c1-4-21-15-18-17-14(22-15)16-13(19)11-6-5-7-12(8-11)20-9-10(2)3/h5-8,10H,4,9H2,1-3H3,(H,16,17,19). The van der Waals surface area contributed by atoms with Crippen LogP contribution in [0.1, 0.15) is 31.1 Å². The molecule has 0 bridgehead atoms. The fourth-order valence-electron chi connectivity index (χ4n) is 1.60. The molecular weight excluding hydrogens is 318 g/mol. The van der Waals surface area contributed by atoms with E-state index in [4.69, 9.17) is 4.74 Å². The van der Waals surface area contributed by atoms with Crippen molar-refractivity contribution in [1.82, 2.24) is 10.2 Å². The number of ether oxygens (including phenoxy) is 1. The molecule has 0 aliphatic rings. The Hall–Kier alpha value is -1.60. The molecule has 22 heavy (non-hydrogen) atoms. The van der Waals surface area contributed by atoms with Crippen LogP contribution in [0, 0.1) is 5.92 Å². The number of benzene rings is 1. The van der Waals surface area contributed by atoms with Crippen LogP contribution in [0.25, 0.3) is 0 Å². The van der Waals surface area contributed by atoms with Crippen molar-refractivity contribution in [2.45, 2.75) is 25.1 Å². The summed E-state index contributed by atoms with van der Waals surface area (Å²) in [4.78, 5) is 12.2. The second-order valence-corrected chi connectivity index (χ2v) is 7.48. The highest BCUT2D eigenvalue weighted by Gasteiger charge is 2.11. The first-order valence-electron chi connectivity index (χ1n) is 7.09. The maximum absolute atomic E-state index is 12.2. The molecule has 0 saturated heterocycles. The average molecular weight is 337 g/mol. The van der Waals surface area contributed by atoms with Crippen LogP contribution in [0.2, 0.25) is 0 Å². The molecule has 2 rings (SSSR count). The van der Waals surface area contributed by atoms with E-state index in [1.165, 1.54) is 11.3 Å². The number of nitrogens with one attached hydrogen (secondary N) is 1. The topological polar surface area (TPSA) is 64.1 Å². The zero-order valence-electron chi connectivity index (χ0n) is 12.8. The number of carbonyl (C=O) groups is 1. The van der Waals surface area contributed by atoms with Gasteiger partial charge in [-0.05, 0) is 29.9 Å². The molecule has 1 aromatic heterocycles. The van der Waals surface area contributed by atoms with Gasteiger partial charge in [-0.25, -0.2) is 0 Å². The SMILES string of the molecule is CCSc1nnc(NC(=O)c2cccc(OCC(C)C)c2)s1. The zero-order chi connectivity index (χ0) is 15.9. The summed E-state index contributed by atoms with van der Waals surface area (Å²) in [6, 6.07) is 7.14. The summed E-state index contributed by atoms with van der Waals surface area (Å²) in [5, 5.41) is 11.3. The van der Waals surface area contributed by atoms with Gasteiger partial charge in [0.2, 0.25) is 5.13 Å². The highest BCUT2D eigenvalue weighted by Crippen LogP contribution is 2.25. The third kappa shape index (κ3) is 4.99. The van der Waals surface area contributed by atoms with Crippen LogP contribution >= 0.6 is 23.1 Å². The minimum atomic E-state index is -0.209. The minimum absolute atomic E-state index is 0.209. The number of thioether (sulfide) groups is 1. The number of carbonyl (C=O) groups excluding carboxylic acids is 1. The number of anilines is 1. The van der Waals surface area contributed by atoms with Gasteiger partial charge in [-0.15, -0.1) is 10.2 Å². The Morgan fingerprint density at radius 3 is 2.95 bits per heavy atom. The molecule has 0 atom stereocenters. The normalized spacial score (nSPS) is 10.7. The van der Waals surface area contributed by atoms with Crippen LogP contribution in [-0.2, 0) is 0 Å². The third-order valence-corrected chi connectivity index (χ3v) is 4.43. The zero-order valence-corrected chi connectivity index (χ0v) is 14.5. The van der Waals surface area contributed by atoms with Crippen LogP contribution in [0.15, 0.2) is 28.6 Å². The van der Waals surface area contributed by atoms with Crippen molar-refractivity contribution in [3.8, 4) is 5.75 Å². The second kappa shape index (κ2) is 8.14. The van der Waals surface area contributed by atoms with Gasteiger partial charge < -0.3 is 4.74 Å². The molecule has 1 amide bonds. The van der Waals surface area contributed by atoms with Crippen LogP contribution in [0.4, 0.5) is 5.13 Å². The summed E-state index contributed by atoms with van der Waals surface area (Å²) < 4.78 is 6.49. The van der Waals surface area contributed by atoms with E-state index in [0.29, 0.717) is 29.0 Å². The smallest absolute Gasteiger partial charge is 0.257 e. The first-order valence-corrected chi connectivity index (χ1v) is 8.89. The molecule has 0 aliphatic carbocycles. The third-order valence-electron chi connectivity index (χ3n) is 2.57. The molecule has 0 unspecified atom stereocenters. The van der Waals surface area contributed by atoms with E-state index in [9.17, 15) is 4.79 Å². The summed E-state index contributed by atoms with van der Waals surface area (Å²) in [6.45, 7) is 6.84. The molecule has 7 heteroatoms. The summed E-state index contributed by atoms with van der Waals surface area (Å²) in [7, 11) is 0. The predicted molar refractivity (Wildman–Crippen MR) is 91.0 cm³/mol. The Morgan fingerprint density at radius 2 is 2.23 bits per heavy atom. The van der Waals surface area contributed by atoms with E-state index in [1.807, 2.05) is 19.1 Å². The summed E-state index contributed by atoms with van der Waals surface area (Å²) in [5.74, 6) is 1.85. The molecule has 0 radical (unpaired) electrons. The average Bonchev–Trinajstić information content (AvgIpc) is 2.93. The van der Waals surface area contributed by atoms with Gasteiger partial charge >= 0.3 is 0 Å². The molecule has 0 fully saturated rings. The number of nitrogens with zero attached hydrogens (tertiary/aromatic N) is 2. The Morgan fingerprint density at radius 1 is 1.41 bits per heavy atom. The molecule has 0 saturated carbocycles. The minimum Gasteiger partial charge on any atom is -0.493 e. The first kappa shape index (κ1) is 16.8. The largest absolute Gasteiger partial charge is 0.493 e. The van der Waals surface area contributed by atoms with Crippen LogP contribution in [-0.4, -0.2) is 28.5 Å². The van der Waals surface area contributed by atoms with E-state index < -0.39 is 0 Å². The first-order chi connectivity index (χ1) is 10.6. The van der Waals surface area contributed by atoms with Gasteiger partial charge in [0.1, 0.15) is 5.75 Å². The van der Waals surface area contributed by atoms with E-state index in [0.717, 1.165) is 10.1 Å². The van der Waals surface area contributed by atoms with Crippen molar-refractivity contribution in [2.24, 2.45) is 5.92 Å². The van der Waals surface area contributed by atoms with E-state index in [2.05, 4.69) is 29.4 Å². The van der Waals surface area contributed by atoms with Crippen LogP contribution in [0.5, 0.6) is 5.75 Å². The van der Waals surface area contributed by atoms with E-state index in [-0.39, 0.29) is 5.91 Å². The molecule has 1 aromatic carbocycles. The fourth-order valence-corrected chi connectivity index (χ4v) is 3.25. The molecule has 5 nitrogen and oxygen atoms in total. The molecule has 118 valence electrons. The van der Waals surface area contributed by atoms with Gasteiger partial charge in [-0.1, -0.05) is 49.9 Å². The van der Waals surface area contributed by atoms with Crippen molar-refractivity contribution in [1.29, 1.82) is 0 Å². The lowest BCUT2D eigenvalue weighted by molar-refractivity contribution is 0.102. The maximum Gasteiger partial charge on any atom is 0.257 e. The molecule has 0 spiro atoms. The summed E-state index contributed by atoms with van der Waals surface area (Å²) in [6.07, 6.45) is 0. The Labute approximate surface area is 138 Å². The fraction of sp³-hybridized carbons (Fsp3) is 0.400. The lowest BCUT2D eigenvalue weighted by Gasteiger charge is -2.09. The molecule has 1 N–H and O–H groups in total. The Kier molecular flexibility index (Phi) is 6.21. The van der Waals surface area contributed by atoms with Crippen molar-refractivity contribution in [3.05, 3.63) is 29.8 Å². The van der Waals surface area contributed by atoms with E-state index >= 15 is 0 Å². The molecular formula is C15H19N3O2S2. The number of hydrogen-bond acceptors (Lipinski definition) is 6. The van der Waals surface area contributed by atoms with Crippen molar-refractivity contribution in [2.75, 3.05) is 17.7 Å². The van der Waals surface area contributed by atoms with Gasteiger partial charge in [0.05, 0.1) is 6.61 Å². The van der Waals surface area contributed by atoms with Crippen molar-refractivity contribution in [3.63, 3.8) is 0 Å². The van der Waals surface area contributed by atoms with Crippen molar-refractivity contribution >= 4 is 34.1 Å². The van der Waals surface area contributed by atoms with Crippen LogP contribution < -0.4 is 10.1 Å². The molecule has 2 aromatic rings. The summed E-state index contributed by atoms with van der Waals surface area (Å²) in [5.41, 5.74) is 0.543. The highest BCUT2D eigenvalue weighted by atomic mass is 32.2. The number of hydrogen-bond donors (Lipinski definition) is 1. The van der Waals surface area contributed by atoms with Crippen LogP contribution in [0.3, 0.4) is 0 Å². The number of rotatable bonds is 7. The van der Waals surface area contributed by atoms with Gasteiger partial charge in [-0.2, -0.15) is 0 Å². The lowest BCUT2D eigenvalue weighted by Crippen LogP contribution is -2.12. The monoisotopic (exact) mass is 337 g/mol. The highest BCUT2D eigenvalue weighted by molar-refractivity contribution is 8.01. The van der Waals surface area contributed by atoms with Gasteiger partial charge in [0.15, 0.2) is 4.34 Å². The number of aromatic nitrogens is 2. The quantitative estimate of drug-likeness (QED) is 0.612.